The number of aromatic nitrogens is 2. The van der Waals surface area contributed by atoms with E-state index < -0.39 is 0 Å². The van der Waals surface area contributed by atoms with Gasteiger partial charge >= 0.3 is 0 Å². The predicted octanol–water partition coefficient (Wildman–Crippen LogP) is 2.06. The van der Waals surface area contributed by atoms with Gasteiger partial charge in [0.1, 0.15) is 0 Å². The largest absolute Gasteiger partial charge is 0.336 e. The standard InChI is InChI=1S/C13H15N3S/c14-6-11-7-16(9-15-11)8-12-5-10-3-1-2-4-13(10)17-12/h1-4,7,9,12H,5-6,8,14H2. The van der Waals surface area contributed by atoms with Crippen molar-refractivity contribution in [2.24, 2.45) is 5.73 Å². The second kappa shape index (κ2) is 4.55. The maximum Gasteiger partial charge on any atom is 0.0950 e. The van der Waals surface area contributed by atoms with Gasteiger partial charge in [0.15, 0.2) is 0 Å². The van der Waals surface area contributed by atoms with Crippen molar-refractivity contribution in [1.29, 1.82) is 0 Å². The molecule has 3 nitrogen and oxygen atoms in total. The van der Waals surface area contributed by atoms with Crippen molar-refractivity contribution >= 4 is 11.8 Å². The van der Waals surface area contributed by atoms with Gasteiger partial charge in [0.05, 0.1) is 12.0 Å². The molecule has 88 valence electrons. The Hall–Kier alpha value is -1.26. The molecule has 0 radical (unpaired) electrons. The lowest BCUT2D eigenvalue weighted by Crippen LogP contribution is -2.10. The Morgan fingerprint density at radius 2 is 2.29 bits per heavy atom. The molecule has 1 aromatic carbocycles. The molecule has 1 aliphatic rings. The normalized spacial score (nSPS) is 18.3. The number of fused-ring (bicyclic) bond motifs is 1. The van der Waals surface area contributed by atoms with E-state index in [2.05, 4.69) is 33.8 Å². The Labute approximate surface area is 105 Å². The van der Waals surface area contributed by atoms with E-state index in [9.17, 15) is 0 Å². The van der Waals surface area contributed by atoms with Crippen molar-refractivity contribution in [3.63, 3.8) is 0 Å². The average Bonchev–Trinajstić information content (AvgIpc) is 2.94. The molecule has 2 N–H and O–H groups in total. The molecule has 0 aliphatic carbocycles. The summed E-state index contributed by atoms with van der Waals surface area (Å²) in [5.41, 5.74) is 8.00. The van der Waals surface area contributed by atoms with Gasteiger partial charge in [0.2, 0.25) is 0 Å². The van der Waals surface area contributed by atoms with Crippen molar-refractivity contribution in [2.75, 3.05) is 0 Å². The number of hydrogen-bond acceptors (Lipinski definition) is 3. The molecule has 2 aromatic rings. The van der Waals surface area contributed by atoms with E-state index in [0.717, 1.165) is 18.7 Å². The van der Waals surface area contributed by atoms with Gasteiger partial charge in [-0.05, 0) is 18.1 Å². The highest BCUT2D eigenvalue weighted by Gasteiger charge is 2.21. The van der Waals surface area contributed by atoms with Crippen LogP contribution in [0.15, 0.2) is 41.7 Å². The first kappa shape index (κ1) is 10.9. The van der Waals surface area contributed by atoms with E-state index in [-0.39, 0.29) is 0 Å². The maximum atomic E-state index is 5.56. The van der Waals surface area contributed by atoms with Crippen molar-refractivity contribution in [3.05, 3.63) is 48.0 Å². The third kappa shape index (κ3) is 2.23. The highest BCUT2D eigenvalue weighted by molar-refractivity contribution is 8.00. The Bertz CT molecular complexity index is 496. The van der Waals surface area contributed by atoms with Crippen LogP contribution in [-0.2, 0) is 19.5 Å². The molecule has 2 heterocycles. The summed E-state index contributed by atoms with van der Waals surface area (Å²) in [6, 6.07) is 8.66. The summed E-state index contributed by atoms with van der Waals surface area (Å²) in [5, 5.41) is 0.618. The molecule has 4 heteroatoms. The van der Waals surface area contributed by atoms with E-state index >= 15 is 0 Å². The van der Waals surface area contributed by atoms with Crippen LogP contribution in [0.2, 0.25) is 0 Å². The number of nitrogens with two attached hydrogens (primary N) is 1. The summed E-state index contributed by atoms with van der Waals surface area (Å²) in [6.45, 7) is 1.53. The highest BCUT2D eigenvalue weighted by atomic mass is 32.2. The van der Waals surface area contributed by atoms with Gasteiger partial charge < -0.3 is 10.3 Å². The molecule has 0 spiro atoms. The smallest absolute Gasteiger partial charge is 0.0950 e. The molecule has 1 unspecified atom stereocenters. The fourth-order valence-electron chi connectivity index (χ4n) is 2.20. The van der Waals surface area contributed by atoms with Crippen LogP contribution in [0.1, 0.15) is 11.3 Å². The topological polar surface area (TPSA) is 43.8 Å². The van der Waals surface area contributed by atoms with Gasteiger partial charge in [-0.25, -0.2) is 4.98 Å². The molecule has 0 bridgehead atoms. The monoisotopic (exact) mass is 245 g/mol. The molecule has 3 rings (SSSR count). The van der Waals surface area contributed by atoms with Gasteiger partial charge in [-0.1, -0.05) is 18.2 Å². The number of nitrogens with zero attached hydrogens (tertiary/aromatic N) is 2. The van der Waals surface area contributed by atoms with Crippen LogP contribution in [0.5, 0.6) is 0 Å². The number of rotatable bonds is 3. The third-order valence-electron chi connectivity index (χ3n) is 3.02. The van der Waals surface area contributed by atoms with E-state index in [4.69, 9.17) is 5.73 Å². The van der Waals surface area contributed by atoms with Gasteiger partial charge in [0, 0.05) is 29.4 Å². The molecular formula is C13H15N3S. The van der Waals surface area contributed by atoms with Crippen LogP contribution < -0.4 is 5.73 Å². The second-order valence-electron chi connectivity index (χ2n) is 4.32. The third-order valence-corrected chi connectivity index (χ3v) is 4.33. The lowest BCUT2D eigenvalue weighted by atomic mass is 10.1. The quantitative estimate of drug-likeness (QED) is 0.900. The van der Waals surface area contributed by atoms with Crippen molar-refractivity contribution in [3.8, 4) is 0 Å². The fourth-order valence-corrected chi connectivity index (χ4v) is 3.53. The van der Waals surface area contributed by atoms with E-state index in [1.54, 1.807) is 0 Å². The van der Waals surface area contributed by atoms with Gasteiger partial charge in [-0.15, -0.1) is 11.8 Å². The summed E-state index contributed by atoms with van der Waals surface area (Å²) >= 11 is 1.97. The lowest BCUT2D eigenvalue weighted by Gasteiger charge is -2.08. The Kier molecular flexibility index (Phi) is 2.91. The van der Waals surface area contributed by atoms with Gasteiger partial charge in [-0.3, -0.25) is 0 Å². The molecule has 1 aliphatic heterocycles. The van der Waals surface area contributed by atoms with Crippen LogP contribution >= 0.6 is 11.8 Å². The number of benzene rings is 1. The number of hydrogen-bond donors (Lipinski definition) is 1. The van der Waals surface area contributed by atoms with E-state index in [0.29, 0.717) is 11.8 Å². The first-order valence-electron chi connectivity index (χ1n) is 5.80. The molecule has 1 atom stereocenters. The SMILES string of the molecule is NCc1cn(CC2Cc3ccccc3S2)cn1. The molecule has 0 amide bonds. The fraction of sp³-hybridized carbons (Fsp3) is 0.308. The van der Waals surface area contributed by atoms with Gasteiger partial charge in [0.25, 0.3) is 0 Å². The molecule has 0 fully saturated rings. The summed E-state index contributed by atoms with van der Waals surface area (Å²) < 4.78 is 2.14. The Balaban J connectivity index is 1.69. The summed E-state index contributed by atoms with van der Waals surface area (Å²) in [7, 11) is 0. The lowest BCUT2D eigenvalue weighted by molar-refractivity contribution is 0.663. The molecular weight excluding hydrogens is 230 g/mol. The summed E-state index contributed by atoms with van der Waals surface area (Å²) in [6.07, 6.45) is 5.08. The van der Waals surface area contributed by atoms with Crippen LogP contribution in [0.4, 0.5) is 0 Å². The minimum absolute atomic E-state index is 0.519. The Morgan fingerprint density at radius 1 is 1.41 bits per heavy atom. The van der Waals surface area contributed by atoms with Crippen LogP contribution in [-0.4, -0.2) is 14.8 Å². The van der Waals surface area contributed by atoms with Crippen LogP contribution in [0.25, 0.3) is 0 Å². The highest BCUT2D eigenvalue weighted by Crippen LogP contribution is 2.37. The minimum Gasteiger partial charge on any atom is -0.336 e. The maximum absolute atomic E-state index is 5.56. The first-order chi connectivity index (χ1) is 8.35. The van der Waals surface area contributed by atoms with Crippen molar-refractivity contribution < 1.29 is 0 Å². The first-order valence-corrected chi connectivity index (χ1v) is 6.68. The molecule has 0 saturated heterocycles. The number of thioether (sulfide) groups is 1. The van der Waals surface area contributed by atoms with Gasteiger partial charge in [-0.2, -0.15) is 0 Å². The predicted molar refractivity (Wildman–Crippen MR) is 69.9 cm³/mol. The number of imidazole rings is 1. The molecule has 17 heavy (non-hydrogen) atoms. The average molecular weight is 245 g/mol. The van der Waals surface area contributed by atoms with E-state index in [1.165, 1.54) is 10.5 Å². The zero-order valence-electron chi connectivity index (χ0n) is 9.54. The zero-order valence-corrected chi connectivity index (χ0v) is 10.4. The molecule has 1 aromatic heterocycles. The summed E-state index contributed by atoms with van der Waals surface area (Å²) in [5.74, 6) is 0. The van der Waals surface area contributed by atoms with Crippen LogP contribution in [0, 0.1) is 0 Å². The van der Waals surface area contributed by atoms with Crippen molar-refractivity contribution in [1.82, 2.24) is 9.55 Å². The summed E-state index contributed by atoms with van der Waals surface area (Å²) in [4.78, 5) is 5.68. The van der Waals surface area contributed by atoms with Crippen LogP contribution in [0.3, 0.4) is 0 Å². The zero-order chi connectivity index (χ0) is 11.7. The minimum atomic E-state index is 0.519. The Morgan fingerprint density at radius 3 is 3.06 bits per heavy atom. The second-order valence-corrected chi connectivity index (χ2v) is 5.66. The molecule has 0 saturated carbocycles. The van der Waals surface area contributed by atoms with Crippen molar-refractivity contribution in [2.45, 2.75) is 29.7 Å². The van der Waals surface area contributed by atoms with E-state index in [1.807, 2.05) is 24.3 Å².